The molecular formula is C14H24N4O3. The zero-order valence-electron chi connectivity index (χ0n) is 12.7. The quantitative estimate of drug-likeness (QED) is 0.688. The molecule has 21 heavy (non-hydrogen) atoms. The highest BCUT2D eigenvalue weighted by atomic mass is 16.2. The summed E-state index contributed by atoms with van der Waals surface area (Å²) in [6, 6.07) is -0.520. The third-order valence-corrected chi connectivity index (χ3v) is 3.20. The second-order valence-corrected chi connectivity index (χ2v) is 5.30. The Labute approximate surface area is 125 Å². The molecule has 7 nitrogen and oxygen atoms in total. The highest BCUT2D eigenvalue weighted by Crippen LogP contribution is 2.06. The molecule has 7 heteroatoms. The number of carbonyl (C=O) groups excluding carboxylic acids is 3. The molecular weight excluding hydrogens is 272 g/mol. The van der Waals surface area contributed by atoms with Crippen molar-refractivity contribution in [3.05, 3.63) is 12.7 Å². The SMILES string of the molecule is C=CCNC(=O)NC(=O)CN1CCN(C(=O)C(C)C)CC1. The largest absolute Gasteiger partial charge is 0.340 e. The van der Waals surface area contributed by atoms with Gasteiger partial charge in [-0.05, 0) is 0 Å². The molecule has 0 aromatic rings. The average molecular weight is 296 g/mol. The lowest BCUT2D eigenvalue weighted by molar-refractivity contribution is -0.136. The third-order valence-electron chi connectivity index (χ3n) is 3.20. The van der Waals surface area contributed by atoms with Gasteiger partial charge in [0.15, 0.2) is 0 Å². The van der Waals surface area contributed by atoms with E-state index in [0.717, 1.165) is 0 Å². The summed E-state index contributed by atoms with van der Waals surface area (Å²) in [5, 5.41) is 4.73. The molecule has 2 N–H and O–H groups in total. The number of rotatable bonds is 5. The van der Waals surface area contributed by atoms with Crippen LogP contribution in [-0.4, -0.2) is 66.9 Å². The van der Waals surface area contributed by atoms with E-state index >= 15 is 0 Å². The first-order chi connectivity index (χ1) is 9.93. The van der Waals surface area contributed by atoms with E-state index in [4.69, 9.17) is 0 Å². The van der Waals surface area contributed by atoms with Crippen molar-refractivity contribution in [2.24, 2.45) is 5.92 Å². The molecule has 0 aromatic carbocycles. The number of amides is 4. The number of nitrogens with one attached hydrogen (secondary N) is 2. The lowest BCUT2D eigenvalue weighted by atomic mass is 10.1. The highest BCUT2D eigenvalue weighted by Gasteiger charge is 2.24. The smallest absolute Gasteiger partial charge is 0.321 e. The number of imide groups is 1. The van der Waals surface area contributed by atoms with Gasteiger partial charge < -0.3 is 10.2 Å². The summed E-state index contributed by atoms with van der Waals surface area (Å²) in [6.07, 6.45) is 1.54. The van der Waals surface area contributed by atoms with Crippen LogP contribution in [-0.2, 0) is 9.59 Å². The van der Waals surface area contributed by atoms with Gasteiger partial charge >= 0.3 is 6.03 Å². The van der Waals surface area contributed by atoms with Crippen molar-refractivity contribution >= 4 is 17.8 Å². The minimum absolute atomic E-state index is 0.00611. The number of urea groups is 1. The second kappa shape index (κ2) is 8.41. The predicted molar refractivity (Wildman–Crippen MR) is 79.6 cm³/mol. The van der Waals surface area contributed by atoms with Crippen molar-refractivity contribution in [1.29, 1.82) is 0 Å². The third kappa shape index (κ3) is 5.95. The van der Waals surface area contributed by atoms with Crippen molar-refractivity contribution in [1.82, 2.24) is 20.4 Å². The van der Waals surface area contributed by atoms with Crippen molar-refractivity contribution in [3.63, 3.8) is 0 Å². The van der Waals surface area contributed by atoms with Gasteiger partial charge in [-0.25, -0.2) is 4.79 Å². The number of piperazine rings is 1. The Hall–Kier alpha value is -1.89. The fourth-order valence-electron chi connectivity index (χ4n) is 2.07. The Morgan fingerprint density at radius 3 is 2.33 bits per heavy atom. The summed E-state index contributed by atoms with van der Waals surface area (Å²) in [4.78, 5) is 38.6. The predicted octanol–water partition coefficient (Wildman–Crippen LogP) is -0.202. The van der Waals surface area contributed by atoms with Crippen LogP contribution >= 0.6 is 0 Å². The Morgan fingerprint density at radius 2 is 1.81 bits per heavy atom. The molecule has 0 atom stereocenters. The second-order valence-electron chi connectivity index (χ2n) is 5.30. The molecule has 1 aliphatic heterocycles. The minimum atomic E-state index is -0.520. The van der Waals surface area contributed by atoms with Crippen LogP contribution in [0.15, 0.2) is 12.7 Å². The molecule has 118 valence electrons. The molecule has 1 heterocycles. The number of hydrogen-bond donors (Lipinski definition) is 2. The van der Waals surface area contributed by atoms with E-state index in [1.807, 2.05) is 23.6 Å². The maximum absolute atomic E-state index is 11.8. The normalized spacial score (nSPS) is 15.7. The first-order valence-corrected chi connectivity index (χ1v) is 7.13. The molecule has 1 rings (SSSR count). The highest BCUT2D eigenvalue weighted by molar-refractivity contribution is 5.95. The first-order valence-electron chi connectivity index (χ1n) is 7.13. The Bertz CT molecular complexity index is 401. The molecule has 0 aromatic heterocycles. The van der Waals surface area contributed by atoms with Crippen LogP contribution in [0.3, 0.4) is 0 Å². The van der Waals surface area contributed by atoms with Gasteiger partial charge in [-0.1, -0.05) is 19.9 Å². The summed E-state index contributed by atoms with van der Waals surface area (Å²) in [5.41, 5.74) is 0. The van der Waals surface area contributed by atoms with Crippen LogP contribution in [0.1, 0.15) is 13.8 Å². The molecule has 1 saturated heterocycles. The van der Waals surface area contributed by atoms with Crippen molar-refractivity contribution < 1.29 is 14.4 Å². The number of carbonyl (C=O) groups is 3. The van der Waals surface area contributed by atoms with E-state index in [1.165, 1.54) is 6.08 Å². The van der Waals surface area contributed by atoms with Gasteiger partial charge in [-0.2, -0.15) is 0 Å². The molecule has 0 bridgehead atoms. The fourth-order valence-corrected chi connectivity index (χ4v) is 2.07. The van der Waals surface area contributed by atoms with Gasteiger partial charge in [0, 0.05) is 38.6 Å². The van der Waals surface area contributed by atoms with Gasteiger partial charge in [0.2, 0.25) is 11.8 Å². The summed E-state index contributed by atoms with van der Waals surface area (Å²) in [7, 11) is 0. The van der Waals surface area contributed by atoms with E-state index in [9.17, 15) is 14.4 Å². The lowest BCUT2D eigenvalue weighted by Crippen LogP contribution is -2.52. The van der Waals surface area contributed by atoms with E-state index in [-0.39, 0.29) is 24.3 Å². The molecule has 0 spiro atoms. The molecule has 0 unspecified atom stereocenters. The van der Waals surface area contributed by atoms with Crippen LogP contribution in [0.2, 0.25) is 0 Å². The van der Waals surface area contributed by atoms with E-state index in [1.54, 1.807) is 0 Å². The summed E-state index contributed by atoms with van der Waals surface area (Å²) in [5.74, 6) is -0.212. The van der Waals surface area contributed by atoms with Gasteiger partial charge in [-0.15, -0.1) is 6.58 Å². The molecule has 4 amide bonds. The Morgan fingerprint density at radius 1 is 1.19 bits per heavy atom. The van der Waals surface area contributed by atoms with Gasteiger partial charge in [-0.3, -0.25) is 19.8 Å². The monoisotopic (exact) mass is 296 g/mol. The summed E-state index contributed by atoms with van der Waals surface area (Å²) < 4.78 is 0. The molecule has 0 radical (unpaired) electrons. The zero-order valence-corrected chi connectivity index (χ0v) is 12.7. The lowest BCUT2D eigenvalue weighted by Gasteiger charge is -2.35. The van der Waals surface area contributed by atoms with Crippen LogP contribution in [0.4, 0.5) is 4.79 Å². The van der Waals surface area contributed by atoms with Crippen molar-refractivity contribution in [2.75, 3.05) is 39.3 Å². The molecule has 0 saturated carbocycles. The Balaban J connectivity index is 2.29. The van der Waals surface area contributed by atoms with E-state index in [0.29, 0.717) is 32.7 Å². The molecule has 1 fully saturated rings. The minimum Gasteiger partial charge on any atom is -0.340 e. The molecule has 0 aliphatic carbocycles. The number of hydrogen-bond acceptors (Lipinski definition) is 4. The summed E-state index contributed by atoms with van der Waals surface area (Å²) >= 11 is 0. The zero-order chi connectivity index (χ0) is 15.8. The van der Waals surface area contributed by atoms with Crippen LogP contribution in [0, 0.1) is 5.92 Å². The van der Waals surface area contributed by atoms with Crippen LogP contribution < -0.4 is 10.6 Å². The summed E-state index contributed by atoms with van der Waals surface area (Å²) in [6.45, 7) is 10.2. The maximum Gasteiger partial charge on any atom is 0.321 e. The van der Waals surface area contributed by atoms with Crippen LogP contribution in [0.25, 0.3) is 0 Å². The van der Waals surface area contributed by atoms with Gasteiger partial charge in [0.25, 0.3) is 0 Å². The topological polar surface area (TPSA) is 81.8 Å². The Kier molecular flexibility index (Phi) is 6.87. The average Bonchev–Trinajstić information content (AvgIpc) is 2.44. The van der Waals surface area contributed by atoms with E-state index < -0.39 is 6.03 Å². The number of nitrogens with zero attached hydrogens (tertiary/aromatic N) is 2. The first kappa shape index (κ1) is 17.2. The fraction of sp³-hybridized carbons (Fsp3) is 0.643. The maximum atomic E-state index is 11.8. The van der Waals surface area contributed by atoms with Gasteiger partial charge in [0.1, 0.15) is 0 Å². The van der Waals surface area contributed by atoms with Crippen molar-refractivity contribution in [2.45, 2.75) is 13.8 Å². The van der Waals surface area contributed by atoms with Crippen LogP contribution in [0.5, 0.6) is 0 Å². The van der Waals surface area contributed by atoms with Gasteiger partial charge in [0.05, 0.1) is 6.54 Å². The standard InChI is InChI=1S/C14H24N4O3/c1-4-5-15-14(21)16-12(19)10-17-6-8-18(9-7-17)13(20)11(2)3/h4,11H,1,5-10H2,2-3H3,(H2,15,16,19,21). The van der Waals surface area contributed by atoms with Crippen molar-refractivity contribution in [3.8, 4) is 0 Å². The molecule has 1 aliphatic rings. The van der Waals surface area contributed by atoms with E-state index in [2.05, 4.69) is 17.2 Å².